The van der Waals surface area contributed by atoms with Crippen LogP contribution in [-0.4, -0.2) is 56.7 Å². The van der Waals surface area contributed by atoms with E-state index < -0.39 is 0 Å². The number of anilines is 2. The molecule has 7 heteroatoms. The zero-order chi connectivity index (χ0) is 13.4. The molecule has 1 heterocycles. The van der Waals surface area contributed by atoms with Crippen molar-refractivity contribution < 1.29 is 9.47 Å². The van der Waals surface area contributed by atoms with E-state index in [1.54, 1.807) is 14.2 Å². The molecule has 1 aromatic heterocycles. The normalized spacial score (nSPS) is 12.2. The third-order valence-electron chi connectivity index (χ3n) is 2.34. The number of hydrogen-bond donors (Lipinski definition) is 2. The number of nitrogens with one attached hydrogen (secondary N) is 2. The maximum absolute atomic E-state index is 5.27. The summed E-state index contributed by atoms with van der Waals surface area (Å²) in [4.78, 5) is 8.67. The lowest BCUT2D eigenvalue weighted by molar-refractivity contribution is 0.0365. The average Bonchev–Trinajstić information content (AvgIpc) is 2.42. The Kier molecular flexibility index (Phi) is 6.77. The van der Waals surface area contributed by atoms with Gasteiger partial charge >= 0.3 is 0 Å². The zero-order valence-corrected chi connectivity index (χ0v) is 12.0. The van der Waals surface area contributed by atoms with Crippen LogP contribution in [-0.2, 0) is 9.47 Å². The molecule has 0 aromatic carbocycles. The lowest BCUT2D eigenvalue weighted by Gasteiger charge is -2.16. The van der Waals surface area contributed by atoms with Gasteiger partial charge in [0.2, 0.25) is 0 Å². The van der Waals surface area contributed by atoms with Crippen molar-refractivity contribution in [1.82, 2.24) is 9.97 Å². The van der Waals surface area contributed by atoms with Gasteiger partial charge in [-0.05, 0) is 6.26 Å². The van der Waals surface area contributed by atoms with Crippen molar-refractivity contribution in [2.24, 2.45) is 0 Å². The van der Waals surface area contributed by atoms with Crippen LogP contribution in [0, 0.1) is 0 Å². The molecule has 0 spiro atoms. The van der Waals surface area contributed by atoms with Crippen LogP contribution in [0.4, 0.5) is 11.6 Å². The van der Waals surface area contributed by atoms with Gasteiger partial charge in [-0.3, -0.25) is 0 Å². The van der Waals surface area contributed by atoms with Crippen molar-refractivity contribution in [2.45, 2.75) is 11.3 Å². The van der Waals surface area contributed by atoms with E-state index in [4.69, 9.17) is 9.47 Å². The third kappa shape index (κ3) is 4.67. The Labute approximate surface area is 112 Å². The van der Waals surface area contributed by atoms with E-state index in [0.29, 0.717) is 13.2 Å². The van der Waals surface area contributed by atoms with E-state index in [9.17, 15) is 0 Å². The molecular formula is C11H20N4O2S. The van der Waals surface area contributed by atoms with E-state index >= 15 is 0 Å². The molecular weight excluding hydrogens is 252 g/mol. The average molecular weight is 272 g/mol. The number of aromatic nitrogens is 2. The first-order valence-electron chi connectivity index (χ1n) is 5.60. The SMILES string of the molecule is CNc1cc(NCC(COC)OC)nc(SC)n1. The minimum Gasteiger partial charge on any atom is -0.382 e. The van der Waals surface area contributed by atoms with Crippen LogP contribution in [0.5, 0.6) is 0 Å². The van der Waals surface area contributed by atoms with E-state index in [1.807, 2.05) is 19.4 Å². The summed E-state index contributed by atoms with van der Waals surface area (Å²) in [5.41, 5.74) is 0. The Hall–Kier alpha value is -1.05. The first-order chi connectivity index (χ1) is 8.73. The molecule has 1 aromatic rings. The quantitative estimate of drug-likeness (QED) is 0.546. The molecule has 0 saturated carbocycles. The monoisotopic (exact) mass is 272 g/mol. The lowest BCUT2D eigenvalue weighted by Crippen LogP contribution is -2.27. The summed E-state index contributed by atoms with van der Waals surface area (Å²) in [7, 11) is 5.15. The van der Waals surface area contributed by atoms with Crippen LogP contribution in [0.25, 0.3) is 0 Å². The van der Waals surface area contributed by atoms with Gasteiger partial charge in [0.05, 0.1) is 12.7 Å². The fraction of sp³-hybridized carbons (Fsp3) is 0.636. The zero-order valence-electron chi connectivity index (χ0n) is 11.2. The van der Waals surface area contributed by atoms with Crippen LogP contribution >= 0.6 is 11.8 Å². The molecule has 0 aliphatic rings. The molecule has 2 N–H and O–H groups in total. The van der Waals surface area contributed by atoms with Gasteiger partial charge < -0.3 is 20.1 Å². The maximum Gasteiger partial charge on any atom is 0.191 e. The summed E-state index contributed by atoms with van der Waals surface area (Å²) in [6.07, 6.45) is 1.95. The van der Waals surface area contributed by atoms with Crippen LogP contribution in [0.1, 0.15) is 0 Å². The van der Waals surface area contributed by atoms with E-state index in [-0.39, 0.29) is 6.10 Å². The van der Waals surface area contributed by atoms with Crippen LogP contribution in [0.15, 0.2) is 11.2 Å². The first kappa shape index (κ1) is 15.0. The number of hydrogen-bond acceptors (Lipinski definition) is 7. The molecule has 0 aliphatic heterocycles. The fourth-order valence-corrected chi connectivity index (χ4v) is 1.73. The number of thioether (sulfide) groups is 1. The minimum absolute atomic E-state index is 0.000676. The summed E-state index contributed by atoms with van der Waals surface area (Å²) in [6, 6.07) is 1.86. The molecule has 0 radical (unpaired) electrons. The highest BCUT2D eigenvalue weighted by atomic mass is 32.2. The molecule has 0 saturated heterocycles. The molecule has 0 fully saturated rings. The Balaban J connectivity index is 2.65. The number of nitrogens with zero attached hydrogens (tertiary/aromatic N) is 2. The second-order valence-electron chi connectivity index (χ2n) is 3.57. The Morgan fingerprint density at radius 2 is 2.06 bits per heavy atom. The predicted molar refractivity (Wildman–Crippen MR) is 74.5 cm³/mol. The Morgan fingerprint density at radius 3 is 2.61 bits per heavy atom. The van der Waals surface area contributed by atoms with Crippen molar-refractivity contribution in [3.8, 4) is 0 Å². The van der Waals surface area contributed by atoms with Crippen LogP contribution in [0.2, 0.25) is 0 Å². The summed E-state index contributed by atoms with van der Waals surface area (Å²) in [5.74, 6) is 1.56. The molecule has 0 bridgehead atoms. The van der Waals surface area contributed by atoms with Gasteiger partial charge in [0.15, 0.2) is 5.16 Å². The highest BCUT2D eigenvalue weighted by molar-refractivity contribution is 7.98. The predicted octanol–water partition coefficient (Wildman–Crippen LogP) is 1.31. The summed E-state index contributed by atoms with van der Waals surface area (Å²) in [6.45, 7) is 1.18. The smallest absolute Gasteiger partial charge is 0.191 e. The lowest BCUT2D eigenvalue weighted by atomic mass is 10.3. The van der Waals surface area contributed by atoms with E-state index in [0.717, 1.165) is 16.8 Å². The molecule has 1 atom stereocenters. The van der Waals surface area contributed by atoms with Gasteiger partial charge in [0, 0.05) is 33.9 Å². The number of ether oxygens (including phenoxy) is 2. The second-order valence-corrected chi connectivity index (χ2v) is 4.34. The minimum atomic E-state index is 0.000676. The fourth-order valence-electron chi connectivity index (χ4n) is 1.35. The largest absolute Gasteiger partial charge is 0.382 e. The van der Waals surface area contributed by atoms with Crippen molar-refractivity contribution in [2.75, 3.05) is 51.3 Å². The van der Waals surface area contributed by atoms with Crippen LogP contribution < -0.4 is 10.6 Å². The van der Waals surface area contributed by atoms with Gasteiger partial charge in [-0.1, -0.05) is 11.8 Å². The molecule has 1 unspecified atom stereocenters. The summed E-state index contributed by atoms with van der Waals surface area (Å²) in [5, 5.41) is 6.96. The summed E-state index contributed by atoms with van der Waals surface area (Å²) < 4.78 is 10.3. The third-order valence-corrected chi connectivity index (χ3v) is 2.89. The summed E-state index contributed by atoms with van der Waals surface area (Å²) >= 11 is 1.50. The Bertz CT molecular complexity index is 343. The second kappa shape index (κ2) is 8.12. The Morgan fingerprint density at radius 1 is 1.33 bits per heavy atom. The van der Waals surface area contributed by atoms with E-state index in [1.165, 1.54) is 11.8 Å². The van der Waals surface area contributed by atoms with Gasteiger partial charge in [-0.2, -0.15) is 0 Å². The highest BCUT2D eigenvalue weighted by Crippen LogP contribution is 2.16. The molecule has 0 aliphatic carbocycles. The molecule has 0 amide bonds. The number of methoxy groups -OCH3 is 2. The van der Waals surface area contributed by atoms with Crippen LogP contribution in [0.3, 0.4) is 0 Å². The standard InChI is InChI=1S/C11H20N4O2S/c1-12-9-5-10(15-11(14-9)18-4)13-6-8(17-3)7-16-2/h5,8H,6-7H2,1-4H3,(H2,12,13,14,15). The van der Waals surface area contributed by atoms with Gasteiger partial charge in [-0.15, -0.1) is 0 Å². The van der Waals surface area contributed by atoms with E-state index in [2.05, 4.69) is 20.6 Å². The van der Waals surface area contributed by atoms with Crippen molar-refractivity contribution in [3.05, 3.63) is 6.07 Å². The maximum atomic E-state index is 5.27. The van der Waals surface area contributed by atoms with Crippen molar-refractivity contribution in [3.63, 3.8) is 0 Å². The molecule has 6 nitrogen and oxygen atoms in total. The van der Waals surface area contributed by atoms with Crippen molar-refractivity contribution in [1.29, 1.82) is 0 Å². The van der Waals surface area contributed by atoms with Gasteiger partial charge in [-0.25, -0.2) is 9.97 Å². The molecule has 1 rings (SSSR count). The van der Waals surface area contributed by atoms with Gasteiger partial charge in [0.25, 0.3) is 0 Å². The van der Waals surface area contributed by atoms with Gasteiger partial charge in [0.1, 0.15) is 11.6 Å². The highest BCUT2D eigenvalue weighted by Gasteiger charge is 2.08. The number of rotatable bonds is 8. The van der Waals surface area contributed by atoms with Crippen molar-refractivity contribution >= 4 is 23.4 Å². The topological polar surface area (TPSA) is 68.3 Å². The molecule has 102 valence electrons. The molecule has 18 heavy (non-hydrogen) atoms. The first-order valence-corrected chi connectivity index (χ1v) is 6.82.